The molecule has 2 aliphatic carbocycles. The third-order valence-electron chi connectivity index (χ3n) is 4.28. The molecule has 2 unspecified atom stereocenters. The van der Waals surface area contributed by atoms with Crippen molar-refractivity contribution in [3.8, 4) is 5.75 Å². The summed E-state index contributed by atoms with van der Waals surface area (Å²) in [4.78, 5) is 0. The van der Waals surface area contributed by atoms with Crippen molar-refractivity contribution >= 4 is 0 Å². The summed E-state index contributed by atoms with van der Waals surface area (Å²) < 4.78 is 5.18. The Balaban J connectivity index is 1.50. The first-order chi connectivity index (χ1) is 8.26. The lowest BCUT2D eigenvalue weighted by Gasteiger charge is -2.36. The van der Waals surface area contributed by atoms with Gasteiger partial charge in [0.05, 0.1) is 7.11 Å². The summed E-state index contributed by atoms with van der Waals surface area (Å²) in [6.07, 6.45) is 3.98. The van der Waals surface area contributed by atoms with Crippen molar-refractivity contribution < 1.29 is 4.74 Å². The second-order valence-electron chi connectivity index (χ2n) is 5.62. The molecule has 2 fully saturated rings. The molecule has 0 heterocycles. The molecular weight excluding hydrogens is 210 g/mol. The van der Waals surface area contributed by atoms with Gasteiger partial charge in [-0.15, -0.1) is 0 Å². The van der Waals surface area contributed by atoms with Crippen LogP contribution >= 0.6 is 0 Å². The van der Waals surface area contributed by atoms with Gasteiger partial charge in [0.2, 0.25) is 0 Å². The Labute approximate surface area is 103 Å². The summed E-state index contributed by atoms with van der Waals surface area (Å²) in [7, 11) is 1.72. The highest BCUT2D eigenvalue weighted by molar-refractivity contribution is 5.31. The summed E-state index contributed by atoms with van der Waals surface area (Å²) in [6, 6.07) is 10.1. The van der Waals surface area contributed by atoms with E-state index in [-0.39, 0.29) is 0 Å². The van der Waals surface area contributed by atoms with Gasteiger partial charge in [-0.3, -0.25) is 0 Å². The van der Waals surface area contributed by atoms with E-state index in [0.29, 0.717) is 0 Å². The number of benzene rings is 1. The Morgan fingerprint density at radius 2 is 1.76 bits per heavy atom. The molecule has 0 aromatic heterocycles. The van der Waals surface area contributed by atoms with E-state index in [0.717, 1.165) is 29.7 Å². The second kappa shape index (κ2) is 4.34. The van der Waals surface area contributed by atoms with Crippen molar-refractivity contribution in [1.29, 1.82) is 0 Å². The molecule has 2 saturated carbocycles. The lowest BCUT2D eigenvalue weighted by atomic mass is 9.76. The fraction of sp³-hybridized carbons (Fsp3) is 0.600. The van der Waals surface area contributed by atoms with Crippen molar-refractivity contribution in [2.24, 2.45) is 5.92 Å². The van der Waals surface area contributed by atoms with Gasteiger partial charge in [-0.2, -0.15) is 0 Å². The van der Waals surface area contributed by atoms with Crippen LogP contribution in [0.15, 0.2) is 24.3 Å². The Kier molecular flexibility index (Phi) is 2.83. The molecule has 92 valence electrons. The number of rotatable bonds is 4. The maximum Gasteiger partial charge on any atom is 0.118 e. The van der Waals surface area contributed by atoms with Crippen LogP contribution in [-0.2, 0) is 0 Å². The van der Waals surface area contributed by atoms with E-state index in [4.69, 9.17) is 4.74 Å². The van der Waals surface area contributed by atoms with E-state index in [1.807, 2.05) is 0 Å². The molecule has 0 amide bonds. The summed E-state index contributed by atoms with van der Waals surface area (Å²) in [6.45, 7) is 2.33. The molecular formula is C15H21NO. The highest BCUT2D eigenvalue weighted by Crippen LogP contribution is 2.40. The number of methoxy groups -OCH3 is 1. The Hall–Kier alpha value is -1.02. The Morgan fingerprint density at radius 1 is 1.12 bits per heavy atom. The van der Waals surface area contributed by atoms with Crippen molar-refractivity contribution in [2.45, 2.75) is 44.2 Å². The third kappa shape index (κ3) is 2.32. The predicted molar refractivity (Wildman–Crippen MR) is 69.5 cm³/mol. The quantitative estimate of drug-likeness (QED) is 0.860. The molecule has 1 aromatic rings. The van der Waals surface area contributed by atoms with Gasteiger partial charge in [-0.1, -0.05) is 19.1 Å². The fourth-order valence-electron chi connectivity index (χ4n) is 2.76. The van der Waals surface area contributed by atoms with Gasteiger partial charge in [0.25, 0.3) is 0 Å². The van der Waals surface area contributed by atoms with Crippen LogP contribution in [0.1, 0.15) is 37.7 Å². The zero-order valence-electron chi connectivity index (χ0n) is 10.6. The van der Waals surface area contributed by atoms with Gasteiger partial charge >= 0.3 is 0 Å². The molecule has 1 N–H and O–H groups in total. The SMILES string of the molecule is COc1ccc(C2CC(NC3CC3C)C2)cc1. The number of nitrogens with one attached hydrogen (secondary N) is 1. The van der Waals surface area contributed by atoms with Crippen molar-refractivity contribution in [3.63, 3.8) is 0 Å². The van der Waals surface area contributed by atoms with E-state index in [9.17, 15) is 0 Å². The van der Waals surface area contributed by atoms with Crippen LogP contribution in [0.2, 0.25) is 0 Å². The molecule has 0 bridgehead atoms. The first kappa shape index (κ1) is 11.1. The molecule has 1 aromatic carbocycles. The molecule has 2 heteroatoms. The van der Waals surface area contributed by atoms with E-state index in [1.165, 1.54) is 24.8 Å². The molecule has 0 spiro atoms. The van der Waals surface area contributed by atoms with Crippen LogP contribution in [0.3, 0.4) is 0 Å². The molecule has 17 heavy (non-hydrogen) atoms. The first-order valence-corrected chi connectivity index (χ1v) is 6.66. The average molecular weight is 231 g/mol. The van der Waals surface area contributed by atoms with Crippen LogP contribution in [0, 0.1) is 5.92 Å². The summed E-state index contributed by atoms with van der Waals surface area (Å²) in [5.41, 5.74) is 1.47. The molecule has 2 atom stereocenters. The largest absolute Gasteiger partial charge is 0.497 e. The van der Waals surface area contributed by atoms with Gasteiger partial charge in [0.15, 0.2) is 0 Å². The fourth-order valence-corrected chi connectivity index (χ4v) is 2.76. The second-order valence-corrected chi connectivity index (χ2v) is 5.62. The van der Waals surface area contributed by atoms with Gasteiger partial charge in [0.1, 0.15) is 5.75 Å². The monoisotopic (exact) mass is 231 g/mol. The van der Waals surface area contributed by atoms with Crippen molar-refractivity contribution in [3.05, 3.63) is 29.8 Å². The molecule has 2 nitrogen and oxygen atoms in total. The maximum absolute atomic E-state index is 5.18. The lowest BCUT2D eigenvalue weighted by molar-refractivity contribution is 0.285. The highest BCUT2D eigenvalue weighted by atomic mass is 16.5. The summed E-state index contributed by atoms with van der Waals surface area (Å²) >= 11 is 0. The molecule has 0 radical (unpaired) electrons. The van der Waals surface area contributed by atoms with E-state index >= 15 is 0 Å². The predicted octanol–water partition coefficient (Wildman–Crippen LogP) is 2.94. The van der Waals surface area contributed by atoms with Crippen molar-refractivity contribution in [1.82, 2.24) is 5.32 Å². The normalized spacial score (nSPS) is 35.2. The minimum absolute atomic E-state index is 0.757. The minimum atomic E-state index is 0.757. The molecule has 2 aliphatic rings. The van der Waals surface area contributed by atoms with Crippen LogP contribution < -0.4 is 10.1 Å². The van der Waals surface area contributed by atoms with E-state index < -0.39 is 0 Å². The van der Waals surface area contributed by atoms with Gasteiger partial charge in [-0.05, 0) is 48.8 Å². The van der Waals surface area contributed by atoms with Crippen LogP contribution in [0.25, 0.3) is 0 Å². The standard InChI is InChI=1S/C15H21NO/c1-10-7-15(10)16-13-8-12(9-13)11-3-5-14(17-2)6-4-11/h3-6,10,12-13,15-16H,7-9H2,1-2H3. The topological polar surface area (TPSA) is 21.3 Å². The zero-order chi connectivity index (χ0) is 11.8. The van der Waals surface area contributed by atoms with Gasteiger partial charge < -0.3 is 10.1 Å². The average Bonchev–Trinajstić information content (AvgIpc) is 2.99. The zero-order valence-corrected chi connectivity index (χ0v) is 10.6. The highest BCUT2D eigenvalue weighted by Gasteiger charge is 2.38. The van der Waals surface area contributed by atoms with Crippen molar-refractivity contribution in [2.75, 3.05) is 7.11 Å². The smallest absolute Gasteiger partial charge is 0.118 e. The first-order valence-electron chi connectivity index (χ1n) is 6.66. The van der Waals surface area contributed by atoms with Crippen LogP contribution in [0.4, 0.5) is 0 Å². The van der Waals surface area contributed by atoms with Crippen LogP contribution in [0.5, 0.6) is 5.75 Å². The molecule has 0 aliphatic heterocycles. The number of ether oxygens (including phenoxy) is 1. The number of hydrogen-bond acceptors (Lipinski definition) is 2. The number of hydrogen-bond donors (Lipinski definition) is 1. The summed E-state index contributed by atoms with van der Waals surface area (Å²) in [5, 5.41) is 3.74. The molecule has 0 saturated heterocycles. The van der Waals surface area contributed by atoms with Crippen LogP contribution in [-0.4, -0.2) is 19.2 Å². The summed E-state index contributed by atoms with van der Waals surface area (Å²) in [5.74, 6) is 2.62. The van der Waals surface area contributed by atoms with E-state index in [2.05, 4.69) is 36.5 Å². The van der Waals surface area contributed by atoms with Gasteiger partial charge in [-0.25, -0.2) is 0 Å². The third-order valence-corrected chi connectivity index (χ3v) is 4.28. The minimum Gasteiger partial charge on any atom is -0.497 e. The molecule has 3 rings (SSSR count). The Bertz CT molecular complexity index is 380. The van der Waals surface area contributed by atoms with E-state index in [1.54, 1.807) is 7.11 Å². The Morgan fingerprint density at radius 3 is 2.29 bits per heavy atom. The van der Waals surface area contributed by atoms with Gasteiger partial charge in [0, 0.05) is 12.1 Å². The lowest BCUT2D eigenvalue weighted by Crippen LogP contribution is -2.41. The maximum atomic E-state index is 5.18.